The van der Waals surface area contributed by atoms with Gasteiger partial charge < -0.3 is 19.2 Å². The molecule has 1 unspecified atom stereocenters. The molecule has 1 saturated heterocycles. The molecule has 0 saturated carbocycles. The Morgan fingerprint density at radius 2 is 1.81 bits per heavy atom. The number of benzene rings is 2. The minimum absolute atomic E-state index is 0.109. The molecular formula is C25H29N3O4. The van der Waals surface area contributed by atoms with Crippen molar-refractivity contribution in [2.24, 2.45) is 0 Å². The van der Waals surface area contributed by atoms with Gasteiger partial charge in [-0.15, -0.1) is 0 Å². The van der Waals surface area contributed by atoms with E-state index in [0.29, 0.717) is 44.1 Å². The summed E-state index contributed by atoms with van der Waals surface area (Å²) in [4.78, 5) is 21.1. The lowest BCUT2D eigenvalue weighted by molar-refractivity contribution is -0.133. The van der Waals surface area contributed by atoms with Crippen LogP contribution in [0.3, 0.4) is 0 Å². The molecule has 32 heavy (non-hydrogen) atoms. The molecule has 0 aliphatic carbocycles. The Balaban J connectivity index is 1.22. The molecule has 1 amide bonds. The van der Waals surface area contributed by atoms with Gasteiger partial charge in [-0.1, -0.05) is 30.3 Å². The maximum Gasteiger partial charge on any atom is 0.223 e. The van der Waals surface area contributed by atoms with Gasteiger partial charge in [0.05, 0.1) is 19.4 Å². The number of ether oxygens (including phenoxy) is 1. The minimum atomic E-state index is -0.511. The second kappa shape index (κ2) is 10.4. The number of β-amino-alcohol motifs (C(OH)–C–C–N with tert-alkyl or cyclic N) is 1. The number of nitrogens with zero attached hydrogens (tertiary/aromatic N) is 3. The fourth-order valence-corrected chi connectivity index (χ4v) is 3.89. The second-order valence-electron chi connectivity index (χ2n) is 7.95. The maximum atomic E-state index is 12.6. The number of aliphatic hydroxyl groups is 1. The summed E-state index contributed by atoms with van der Waals surface area (Å²) in [6.07, 6.45) is 2.03. The Morgan fingerprint density at radius 1 is 1.09 bits per heavy atom. The van der Waals surface area contributed by atoms with Crippen molar-refractivity contribution in [1.29, 1.82) is 0 Å². The van der Waals surface area contributed by atoms with Crippen LogP contribution in [0.25, 0.3) is 11.3 Å². The van der Waals surface area contributed by atoms with Crippen LogP contribution in [0.5, 0.6) is 5.75 Å². The quantitative estimate of drug-likeness (QED) is 0.586. The topological polar surface area (TPSA) is 79.0 Å². The first-order valence-electron chi connectivity index (χ1n) is 10.9. The molecule has 2 heterocycles. The van der Waals surface area contributed by atoms with E-state index in [9.17, 15) is 9.90 Å². The SMILES string of the molecule is COc1ccc(-c2cnc(CCC(=O)N3CCN(CC(O)c4ccccc4)CC3)o2)cc1. The first-order valence-corrected chi connectivity index (χ1v) is 10.9. The number of hydrogen-bond donors (Lipinski definition) is 1. The third-order valence-electron chi connectivity index (χ3n) is 5.82. The van der Waals surface area contributed by atoms with Gasteiger partial charge in [0.25, 0.3) is 0 Å². The van der Waals surface area contributed by atoms with Crippen molar-refractivity contribution in [1.82, 2.24) is 14.8 Å². The van der Waals surface area contributed by atoms with Gasteiger partial charge >= 0.3 is 0 Å². The number of rotatable bonds is 8. The van der Waals surface area contributed by atoms with Crippen molar-refractivity contribution < 1.29 is 19.1 Å². The fraction of sp³-hybridized carbons (Fsp3) is 0.360. The average Bonchev–Trinajstić information content (AvgIpc) is 3.32. The summed E-state index contributed by atoms with van der Waals surface area (Å²) in [7, 11) is 1.63. The number of methoxy groups -OCH3 is 1. The Kier molecular flexibility index (Phi) is 7.19. The predicted octanol–water partition coefficient (Wildman–Crippen LogP) is 3.16. The summed E-state index contributed by atoms with van der Waals surface area (Å²) in [6, 6.07) is 17.3. The molecule has 1 atom stereocenters. The van der Waals surface area contributed by atoms with Crippen molar-refractivity contribution >= 4 is 5.91 Å². The second-order valence-corrected chi connectivity index (χ2v) is 7.95. The molecule has 0 bridgehead atoms. The van der Waals surface area contributed by atoms with E-state index >= 15 is 0 Å². The zero-order chi connectivity index (χ0) is 22.3. The molecule has 168 valence electrons. The molecule has 1 fully saturated rings. The number of amides is 1. The third kappa shape index (κ3) is 5.55. The van der Waals surface area contributed by atoms with E-state index in [0.717, 1.165) is 30.0 Å². The molecule has 0 spiro atoms. The number of carbonyl (C=O) groups is 1. The molecule has 7 nitrogen and oxygen atoms in total. The molecule has 0 radical (unpaired) electrons. The highest BCUT2D eigenvalue weighted by molar-refractivity contribution is 5.76. The molecule has 1 aliphatic heterocycles. The van der Waals surface area contributed by atoms with Crippen LogP contribution in [-0.2, 0) is 11.2 Å². The first kappa shape index (κ1) is 22.0. The Labute approximate surface area is 188 Å². The minimum Gasteiger partial charge on any atom is -0.497 e. The molecule has 1 aliphatic rings. The first-order chi connectivity index (χ1) is 15.6. The summed E-state index contributed by atoms with van der Waals surface area (Å²) in [6.45, 7) is 3.44. The fourth-order valence-electron chi connectivity index (χ4n) is 3.89. The van der Waals surface area contributed by atoms with Gasteiger partial charge in [0, 0.05) is 51.1 Å². The van der Waals surface area contributed by atoms with Gasteiger partial charge in [0.1, 0.15) is 5.75 Å². The zero-order valence-electron chi connectivity index (χ0n) is 18.3. The van der Waals surface area contributed by atoms with E-state index in [2.05, 4.69) is 9.88 Å². The van der Waals surface area contributed by atoms with Gasteiger partial charge in [-0.05, 0) is 29.8 Å². The van der Waals surface area contributed by atoms with Crippen molar-refractivity contribution in [3.63, 3.8) is 0 Å². The highest BCUT2D eigenvalue weighted by Crippen LogP contribution is 2.23. The zero-order valence-corrected chi connectivity index (χ0v) is 18.3. The Bertz CT molecular complexity index is 996. The lowest BCUT2D eigenvalue weighted by Gasteiger charge is -2.35. The van der Waals surface area contributed by atoms with Gasteiger partial charge in [0.2, 0.25) is 5.91 Å². The Hall–Kier alpha value is -3.16. The van der Waals surface area contributed by atoms with E-state index in [-0.39, 0.29) is 5.91 Å². The van der Waals surface area contributed by atoms with E-state index < -0.39 is 6.10 Å². The van der Waals surface area contributed by atoms with Crippen molar-refractivity contribution in [3.05, 3.63) is 72.2 Å². The normalized spacial score (nSPS) is 15.5. The molecule has 4 rings (SSSR count). The summed E-state index contributed by atoms with van der Waals surface area (Å²) >= 11 is 0. The van der Waals surface area contributed by atoms with Crippen LogP contribution in [0.2, 0.25) is 0 Å². The van der Waals surface area contributed by atoms with Crippen LogP contribution in [0, 0.1) is 0 Å². The van der Waals surface area contributed by atoms with Crippen molar-refractivity contribution in [3.8, 4) is 17.1 Å². The number of aryl methyl sites for hydroxylation is 1. The van der Waals surface area contributed by atoms with E-state index in [1.807, 2.05) is 59.5 Å². The Morgan fingerprint density at radius 3 is 2.50 bits per heavy atom. The smallest absolute Gasteiger partial charge is 0.223 e. The summed E-state index contributed by atoms with van der Waals surface area (Å²) in [5.41, 5.74) is 1.84. The van der Waals surface area contributed by atoms with Crippen molar-refractivity contribution in [2.45, 2.75) is 18.9 Å². The summed E-state index contributed by atoms with van der Waals surface area (Å²) in [5.74, 6) is 2.14. The summed E-state index contributed by atoms with van der Waals surface area (Å²) < 4.78 is 11.0. The van der Waals surface area contributed by atoms with Crippen LogP contribution >= 0.6 is 0 Å². The molecular weight excluding hydrogens is 406 g/mol. The number of hydrogen-bond acceptors (Lipinski definition) is 6. The van der Waals surface area contributed by atoms with Crippen LogP contribution in [-0.4, -0.2) is 65.6 Å². The van der Waals surface area contributed by atoms with Gasteiger partial charge in [-0.2, -0.15) is 0 Å². The lowest BCUT2D eigenvalue weighted by atomic mass is 10.1. The van der Waals surface area contributed by atoms with Gasteiger partial charge in [-0.25, -0.2) is 4.98 Å². The molecule has 1 aromatic heterocycles. The maximum absolute atomic E-state index is 12.6. The molecule has 3 aromatic rings. The van der Waals surface area contributed by atoms with E-state index in [1.54, 1.807) is 13.3 Å². The summed E-state index contributed by atoms with van der Waals surface area (Å²) in [5, 5.41) is 10.4. The van der Waals surface area contributed by atoms with E-state index in [4.69, 9.17) is 9.15 Å². The largest absolute Gasteiger partial charge is 0.497 e. The number of carbonyl (C=O) groups excluding carboxylic acids is 1. The third-order valence-corrected chi connectivity index (χ3v) is 5.82. The van der Waals surface area contributed by atoms with Crippen LogP contribution < -0.4 is 4.74 Å². The van der Waals surface area contributed by atoms with Gasteiger partial charge in [0.15, 0.2) is 11.7 Å². The molecule has 1 N–H and O–H groups in total. The lowest BCUT2D eigenvalue weighted by Crippen LogP contribution is -2.49. The van der Waals surface area contributed by atoms with Crippen LogP contribution in [0.15, 0.2) is 65.2 Å². The standard InChI is InChI=1S/C25H29N3O4/c1-31-21-9-7-20(8-10-21)23-17-26-24(32-23)11-12-25(30)28-15-13-27(14-16-28)18-22(29)19-5-3-2-4-6-19/h2-10,17,22,29H,11-16,18H2,1H3. The monoisotopic (exact) mass is 435 g/mol. The highest BCUT2D eigenvalue weighted by atomic mass is 16.5. The van der Waals surface area contributed by atoms with Crippen molar-refractivity contribution in [2.75, 3.05) is 39.8 Å². The number of piperazine rings is 1. The van der Waals surface area contributed by atoms with Gasteiger partial charge in [-0.3, -0.25) is 9.69 Å². The van der Waals surface area contributed by atoms with Crippen LogP contribution in [0.1, 0.15) is 24.0 Å². The average molecular weight is 436 g/mol. The predicted molar refractivity (Wildman–Crippen MR) is 121 cm³/mol. The van der Waals surface area contributed by atoms with Crippen LogP contribution in [0.4, 0.5) is 0 Å². The number of aliphatic hydroxyl groups excluding tert-OH is 1. The number of aromatic nitrogens is 1. The van der Waals surface area contributed by atoms with E-state index in [1.165, 1.54) is 0 Å². The highest BCUT2D eigenvalue weighted by Gasteiger charge is 2.23. The molecule has 2 aromatic carbocycles. The molecule has 7 heteroatoms. The number of oxazole rings is 1.